The predicted molar refractivity (Wildman–Crippen MR) is 161 cm³/mol. The molecular weight excluding hydrogens is 448 g/mol. The average Bonchev–Trinajstić information content (AvgIpc) is 3.21. The molecule has 0 radical (unpaired) electrons. The molecule has 0 saturated heterocycles. The minimum absolute atomic E-state index is 0.0955. The van der Waals surface area contributed by atoms with E-state index >= 15 is 0 Å². The van der Waals surface area contributed by atoms with Crippen LogP contribution >= 0.6 is 0 Å². The standard InChI is InChI=1S/C36H64O/c1-7-8-9-10-11-12-13-17-28-24-30(37)25-29-18-19-31-33-21-20-32(27(4)16-14-15-26(2)3)35(33,5)23-22-34(31)36(28,29)6/h18,26-28,30-34,37H,7-17,19-25H2,1-6H3/t27-,28?,30+,31+,32-,33+,34+,35-,36+/m1/s1. The summed E-state index contributed by atoms with van der Waals surface area (Å²) in [7, 11) is 0. The Morgan fingerprint density at radius 1 is 0.892 bits per heavy atom. The fourth-order valence-corrected chi connectivity index (χ4v) is 10.7. The van der Waals surface area contributed by atoms with E-state index in [9.17, 15) is 5.11 Å². The van der Waals surface area contributed by atoms with Gasteiger partial charge in [-0.15, -0.1) is 0 Å². The lowest BCUT2D eigenvalue weighted by atomic mass is 9.44. The van der Waals surface area contributed by atoms with E-state index in [0.29, 0.717) is 16.7 Å². The predicted octanol–water partition coefficient (Wildman–Crippen LogP) is 10.8. The number of allylic oxidation sites excluding steroid dienone is 1. The Hall–Kier alpha value is -0.300. The SMILES string of the molecule is CCCCCCCCCC1C[C@H](O)CC2=CC[C@H]3[C@@H]4CC[C@H]([C@H](C)CCCC(C)C)[C@@]4(C)CC[C@@H]3[C@]21C. The molecule has 214 valence electrons. The third-order valence-corrected chi connectivity index (χ3v) is 12.8. The molecule has 1 unspecified atom stereocenters. The van der Waals surface area contributed by atoms with Crippen molar-refractivity contribution in [1.29, 1.82) is 0 Å². The van der Waals surface area contributed by atoms with Crippen LogP contribution in [0.5, 0.6) is 0 Å². The van der Waals surface area contributed by atoms with Crippen molar-refractivity contribution < 1.29 is 5.11 Å². The number of hydrogen-bond donors (Lipinski definition) is 1. The maximum Gasteiger partial charge on any atom is 0.0580 e. The average molecular weight is 513 g/mol. The second kappa shape index (κ2) is 12.9. The zero-order valence-corrected chi connectivity index (χ0v) is 25.9. The zero-order valence-electron chi connectivity index (χ0n) is 25.9. The van der Waals surface area contributed by atoms with E-state index in [1.807, 2.05) is 0 Å². The van der Waals surface area contributed by atoms with Crippen molar-refractivity contribution in [3.05, 3.63) is 11.6 Å². The third kappa shape index (κ3) is 6.23. The number of hydrogen-bond acceptors (Lipinski definition) is 1. The molecule has 0 aromatic heterocycles. The molecule has 1 nitrogen and oxygen atoms in total. The summed E-state index contributed by atoms with van der Waals surface area (Å²) in [5, 5.41) is 10.9. The van der Waals surface area contributed by atoms with Gasteiger partial charge in [-0.3, -0.25) is 0 Å². The molecule has 4 aliphatic rings. The minimum atomic E-state index is -0.0955. The summed E-state index contributed by atoms with van der Waals surface area (Å²) in [6, 6.07) is 0. The second-order valence-corrected chi connectivity index (χ2v) is 15.4. The Morgan fingerprint density at radius 2 is 1.62 bits per heavy atom. The molecule has 9 atom stereocenters. The highest BCUT2D eigenvalue weighted by Crippen LogP contribution is 2.68. The van der Waals surface area contributed by atoms with Gasteiger partial charge >= 0.3 is 0 Å². The van der Waals surface area contributed by atoms with Gasteiger partial charge in [-0.2, -0.15) is 0 Å². The van der Waals surface area contributed by atoms with Gasteiger partial charge in [-0.05, 0) is 104 Å². The van der Waals surface area contributed by atoms with E-state index in [1.54, 1.807) is 5.57 Å². The van der Waals surface area contributed by atoms with Gasteiger partial charge in [0.15, 0.2) is 0 Å². The molecule has 0 aliphatic heterocycles. The van der Waals surface area contributed by atoms with Crippen LogP contribution < -0.4 is 0 Å². The highest BCUT2D eigenvalue weighted by Gasteiger charge is 2.60. The monoisotopic (exact) mass is 512 g/mol. The first kappa shape index (κ1) is 29.7. The van der Waals surface area contributed by atoms with Crippen molar-refractivity contribution >= 4 is 0 Å². The summed E-state index contributed by atoms with van der Waals surface area (Å²) < 4.78 is 0. The number of unbranched alkanes of at least 4 members (excludes halogenated alkanes) is 6. The normalized spacial score (nSPS) is 40.2. The van der Waals surface area contributed by atoms with Crippen molar-refractivity contribution in [2.75, 3.05) is 0 Å². The van der Waals surface area contributed by atoms with E-state index in [-0.39, 0.29) is 6.10 Å². The smallest absolute Gasteiger partial charge is 0.0580 e. The summed E-state index contributed by atoms with van der Waals surface area (Å²) >= 11 is 0. The molecule has 3 fully saturated rings. The molecular formula is C36H64O. The first-order valence-corrected chi connectivity index (χ1v) is 17.1. The van der Waals surface area contributed by atoms with Crippen LogP contribution in [0, 0.1) is 52.3 Å². The van der Waals surface area contributed by atoms with Crippen molar-refractivity contribution in [2.24, 2.45) is 52.3 Å². The summed E-state index contributed by atoms with van der Waals surface area (Å²) in [4.78, 5) is 0. The zero-order chi connectivity index (χ0) is 26.6. The van der Waals surface area contributed by atoms with Crippen LogP contribution in [-0.4, -0.2) is 11.2 Å². The number of fused-ring (bicyclic) bond motifs is 5. The Balaban J connectivity index is 1.43. The van der Waals surface area contributed by atoms with Crippen molar-refractivity contribution in [2.45, 2.75) is 163 Å². The first-order valence-electron chi connectivity index (χ1n) is 17.1. The molecule has 37 heavy (non-hydrogen) atoms. The molecule has 0 bridgehead atoms. The van der Waals surface area contributed by atoms with Gasteiger partial charge in [0.2, 0.25) is 0 Å². The highest BCUT2D eigenvalue weighted by molar-refractivity contribution is 5.27. The van der Waals surface area contributed by atoms with Crippen molar-refractivity contribution in [3.8, 4) is 0 Å². The fraction of sp³-hybridized carbons (Fsp3) is 0.944. The van der Waals surface area contributed by atoms with Crippen LogP contribution in [0.3, 0.4) is 0 Å². The number of rotatable bonds is 13. The van der Waals surface area contributed by atoms with Gasteiger partial charge < -0.3 is 5.11 Å². The summed E-state index contributed by atoms with van der Waals surface area (Å²) in [6.07, 6.45) is 27.2. The van der Waals surface area contributed by atoms with Gasteiger partial charge in [0, 0.05) is 0 Å². The Labute approximate surface area is 232 Å². The van der Waals surface area contributed by atoms with Crippen LogP contribution in [0.15, 0.2) is 11.6 Å². The van der Waals surface area contributed by atoms with Crippen LogP contribution in [0.1, 0.15) is 157 Å². The summed E-state index contributed by atoms with van der Waals surface area (Å²) in [6.45, 7) is 15.1. The number of aliphatic hydroxyl groups excluding tert-OH is 1. The molecule has 1 heteroatoms. The summed E-state index contributed by atoms with van der Waals surface area (Å²) in [5.41, 5.74) is 2.59. The number of aliphatic hydroxyl groups is 1. The maximum absolute atomic E-state index is 10.9. The lowest BCUT2D eigenvalue weighted by Crippen LogP contribution is -2.53. The molecule has 4 rings (SSSR count). The molecule has 0 aromatic rings. The molecule has 3 saturated carbocycles. The minimum Gasteiger partial charge on any atom is -0.393 e. The summed E-state index contributed by atoms with van der Waals surface area (Å²) in [5.74, 6) is 6.08. The van der Waals surface area contributed by atoms with Gasteiger partial charge in [0.1, 0.15) is 0 Å². The first-order chi connectivity index (χ1) is 17.7. The van der Waals surface area contributed by atoms with Gasteiger partial charge in [0.25, 0.3) is 0 Å². The largest absolute Gasteiger partial charge is 0.393 e. The van der Waals surface area contributed by atoms with Gasteiger partial charge in [-0.1, -0.05) is 117 Å². The van der Waals surface area contributed by atoms with Crippen LogP contribution in [0.25, 0.3) is 0 Å². The van der Waals surface area contributed by atoms with Crippen LogP contribution in [-0.2, 0) is 0 Å². The molecule has 0 heterocycles. The Kier molecular flexibility index (Phi) is 10.4. The van der Waals surface area contributed by atoms with Crippen LogP contribution in [0.2, 0.25) is 0 Å². The van der Waals surface area contributed by atoms with E-state index in [2.05, 4.69) is 47.6 Å². The van der Waals surface area contributed by atoms with Crippen LogP contribution in [0.4, 0.5) is 0 Å². The van der Waals surface area contributed by atoms with Gasteiger partial charge in [0.05, 0.1) is 6.10 Å². The lowest BCUT2D eigenvalue weighted by molar-refractivity contribution is -0.0810. The van der Waals surface area contributed by atoms with Crippen molar-refractivity contribution in [1.82, 2.24) is 0 Å². The molecule has 1 N–H and O–H groups in total. The van der Waals surface area contributed by atoms with Gasteiger partial charge in [-0.25, -0.2) is 0 Å². The molecule has 0 amide bonds. The van der Waals surface area contributed by atoms with Crippen molar-refractivity contribution in [3.63, 3.8) is 0 Å². The quantitative estimate of drug-likeness (QED) is 0.192. The van der Waals surface area contributed by atoms with E-state index in [0.717, 1.165) is 48.3 Å². The van der Waals surface area contributed by atoms with E-state index in [1.165, 1.54) is 103 Å². The molecule has 4 aliphatic carbocycles. The van der Waals surface area contributed by atoms with E-state index in [4.69, 9.17) is 0 Å². The van der Waals surface area contributed by atoms with E-state index < -0.39 is 0 Å². The highest BCUT2D eigenvalue weighted by atomic mass is 16.3. The molecule has 0 aromatic carbocycles. The third-order valence-electron chi connectivity index (χ3n) is 12.8. The molecule has 0 spiro atoms. The second-order valence-electron chi connectivity index (χ2n) is 15.4. The topological polar surface area (TPSA) is 20.2 Å². The lowest BCUT2D eigenvalue weighted by Gasteiger charge is -2.61. The maximum atomic E-state index is 10.9. The Morgan fingerprint density at radius 3 is 2.35 bits per heavy atom. The Bertz CT molecular complexity index is 737. The fourth-order valence-electron chi connectivity index (χ4n) is 10.7.